The maximum atomic E-state index is 6.31. The zero-order valence-corrected chi connectivity index (χ0v) is 18.5. The number of furan rings is 2. The molecule has 0 spiro atoms. The zero-order valence-electron chi connectivity index (χ0n) is 18.5. The Kier molecular flexibility index (Phi) is 3.33. The summed E-state index contributed by atoms with van der Waals surface area (Å²) in [6.07, 6.45) is 0. The van der Waals surface area contributed by atoms with Gasteiger partial charge < -0.3 is 13.4 Å². The largest absolute Gasteiger partial charge is 0.456 e. The topological polar surface area (TPSA) is 31.2 Å². The molecule has 0 bridgehead atoms. The van der Waals surface area contributed by atoms with Crippen molar-refractivity contribution in [3.05, 3.63) is 103 Å². The molecule has 0 aliphatic heterocycles. The number of rotatable bonds is 1. The number of nitrogens with zero attached hydrogens (tertiary/aromatic N) is 1. The lowest BCUT2D eigenvalue weighted by molar-refractivity contribution is 0.663. The van der Waals surface area contributed by atoms with Gasteiger partial charge in [0.05, 0.1) is 11.0 Å². The highest BCUT2D eigenvalue weighted by Gasteiger charge is 2.18. The van der Waals surface area contributed by atoms with E-state index in [9.17, 15) is 0 Å². The van der Waals surface area contributed by atoms with E-state index in [-0.39, 0.29) is 0 Å². The molecule has 160 valence electrons. The predicted molar refractivity (Wildman–Crippen MR) is 140 cm³/mol. The van der Waals surface area contributed by atoms with Crippen LogP contribution >= 0.6 is 0 Å². The highest BCUT2D eigenvalue weighted by Crippen LogP contribution is 2.41. The highest BCUT2D eigenvalue weighted by atomic mass is 16.3. The summed E-state index contributed by atoms with van der Waals surface area (Å²) in [6.45, 7) is 2.12. The lowest BCUT2D eigenvalue weighted by Crippen LogP contribution is -1.93. The number of aryl methyl sites for hydroxylation is 1. The van der Waals surface area contributed by atoms with Crippen LogP contribution in [-0.4, -0.2) is 4.57 Å². The fourth-order valence-corrected chi connectivity index (χ4v) is 5.58. The lowest BCUT2D eigenvalue weighted by Gasteiger charge is -2.08. The Morgan fingerprint density at radius 3 is 1.68 bits per heavy atom. The number of benzene rings is 5. The maximum absolute atomic E-state index is 6.31. The lowest BCUT2D eigenvalue weighted by atomic mass is 10.0. The molecule has 0 radical (unpaired) electrons. The van der Waals surface area contributed by atoms with Crippen LogP contribution in [0, 0.1) is 6.92 Å². The van der Waals surface area contributed by atoms with Crippen LogP contribution in [0.1, 0.15) is 5.56 Å². The Morgan fingerprint density at radius 1 is 0.500 bits per heavy atom. The summed E-state index contributed by atoms with van der Waals surface area (Å²) in [5.41, 5.74) is 8.29. The molecule has 3 aromatic heterocycles. The van der Waals surface area contributed by atoms with Crippen LogP contribution in [0.2, 0.25) is 0 Å². The first-order valence-electron chi connectivity index (χ1n) is 11.5. The minimum Gasteiger partial charge on any atom is -0.456 e. The number of aromatic nitrogens is 1. The van der Waals surface area contributed by atoms with Gasteiger partial charge in [0, 0.05) is 38.0 Å². The molecule has 0 unspecified atom stereocenters. The molecule has 0 aliphatic carbocycles. The second kappa shape index (κ2) is 6.30. The average Bonchev–Trinajstić information content (AvgIpc) is 3.52. The Morgan fingerprint density at radius 2 is 1.03 bits per heavy atom. The van der Waals surface area contributed by atoms with E-state index in [4.69, 9.17) is 8.83 Å². The summed E-state index contributed by atoms with van der Waals surface area (Å²) in [5, 5.41) is 6.98. The van der Waals surface area contributed by atoms with Gasteiger partial charge in [-0.3, -0.25) is 0 Å². The van der Waals surface area contributed by atoms with Gasteiger partial charge in [0.25, 0.3) is 0 Å². The van der Waals surface area contributed by atoms with E-state index in [0.717, 1.165) is 49.6 Å². The summed E-state index contributed by atoms with van der Waals surface area (Å²) in [4.78, 5) is 0. The minimum absolute atomic E-state index is 0.881. The fourth-order valence-electron chi connectivity index (χ4n) is 5.58. The molecule has 3 nitrogen and oxygen atoms in total. The monoisotopic (exact) mass is 437 g/mol. The second-order valence-electron chi connectivity index (χ2n) is 9.07. The molecule has 8 aromatic rings. The molecule has 0 saturated carbocycles. The van der Waals surface area contributed by atoms with E-state index < -0.39 is 0 Å². The molecule has 34 heavy (non-hydrogen) atoms. The van der Waals surface area contributed by atoms with Crippen LogP contribution < -0.4 is 0 Å². The number of para-hydroxylation sites is 2. The normalized spacial score (nSPS) is 12.3. The van der Waals surface area contributed by atoms with E-state index in [1.54, 1.807) is 0 Å². The van der Waals surface area contributed by atoms with Crippen molar-refractivity contribution in [1.29, 1.82) is 0 Å². The van der Waals surface area contributed by atoms with Gasteiger partial charge in [-0.2, -0.15) is 0 Å². The molecule has 0 N–H and O–H groups in total. The summed E-state index contributed by atoms with van der Waals surface area (Å²) in [7, 11) is 0. The fraction of sp³-hybridized carbons (Fsp3) is 0.0323. The SMILES string of the molecule is Cc1ccc2oc3ccc4oc5ccc(-n6c7ccccc7c7ccccc76)cc5c4c3c2c1. The molecule has 3 heteroatoms. The molecule has 5 aromatic carbocycles. The van der Waals surface area contributed by atoms with Gasteiger partial charge in [-0.25, -0.2) is 0 Å². The van der Waals surface area contributed by atoms with Gasteiger partial charge in [0.15, 0.2) is 0 Å². The van der Waals surface area contributed by atoms with Crippen LogP contribution in [0.5, 0.6) is 0 Å². The first-order valence-corrected chi connectivity index (χ1v) is 11.5. The maximum Gasteiger partial charge on any atom is 0.136 e. The van der Waals surface area contributed by atoms with Gasteiger partial charge in [0.2, 0.25) is 0 Å². The zero-order chi connectivity index (χ0) is 22.4. The van der Waals surface area contributed by atoms with Gasteiger partial charge >= 0.3 is 0 Å². The van der Waals surface area contributed by atoms with E-state index in [0.29, 0.717) is 0 Å². The summed E-state index contributed by atoms with van der Waals surface area (Å²) in [5.74, 6) is 0. The van der Waals surface area contributed by atoms with Crippen LogP contribution in [-0.2, 0) is 0 Å². The predicted octanol–water partition coefficient (Wildman–Crippen LogP) is 8.89. The smallest absolute Gasteiger partial charge is 0.136 e. The molecule has 0 fully saturated rings. The molecule has 0 aliphatic rings. The van der Waals surface area contributed by atoms with E-state index in [2.05, 4.69) is 96.4 Å². The molecule has 3 heterocycles. The number of hydrogen-bond donors (Lipinski definition) is 0. The van der Waals surface area contributed by atoms with E-state index in [1.165, 1.54) is 27.4 Å². The Bertz CT molecular complexity index is 2030. The van der Waals surface area contributed by atoms with E-state index in [1.807, 2.05) is 12.1 Å². The van der Waals surface area contributed by atoms with Crippen LogP contribution in [0.4, 0.5) is 0 Å². The Balaban J connectivity index is 1.53. The third kappa shape index (κ3) is 2.26. The summed E-state index contributed by atoms with van der Waals surface area (Å²) >= 11 is 0. The molecule has 0 saturated heterocycles. The van der Waals surface area contributed by atoms with E-state index >= 15 is 0 Å². The van der Waals surface area contributed by atoms with Crippen molar-refractivity contribution in [3.63, 3.8) is 0 Å². The standard InChI is InChI=1S/C31H19NO2/c1-18-10-12-26-22(16-18)30-28(33-26)14-15-29-31(30)23-17-19(11-13-27(23)34-29)32-24-8-4-2-6-20(24)21-7-3-5-9-25(21)32/h2-17H,1H3. The first-order chi connectivity index (χ1) is 16.8. The number of fused-ring (bicyclic) bond motifs is 10. The Hall–Kier alpha value is -4.50. The summed E-state index contributed by atoms with van der Waals surface area (Å²) in [6, 6.07) is 34.1. The minimum atomic E-state index is 0.881. The summed E-state index contributed by atoms with van der Waals surface area (Å²) < 4.78 is 14.9. The van der Waals surface area contributed by atoms with Crippen LogP contribution in [0.25, 0.3) is 71.4 Å². The second-order valence-corrected chi connectivity index (χ2v) is 9.07. The Labute approximate surface area is 194 Å². The molecule has 0 atom stereocenters. The molecular formula is C31H19NO2. The van der Waals surface area contributed by atoms with Gasteiger partial charge in [-0.1, -0.05) is 48.0 Å². The quantitative estimate of drug-likeness (QED) is 0.257. The number of hydrogen-bond acceptors (Lipinski definition) is 2. The van der Waals surface area contributed by atoms with Gasteiger partial charge in [-0.05, 0) is 61.5 Å². The van der Waals surface area contributed by atoms with Crippen LogP contribution in [0.3, 0.4) is 0 Å². The first kappa shape index (κ1) is 18.0. The highest BCUT2D eigenvalue weighted by molar-refractivity contribution is 6.26. The average molecular weight is 437 g/mol. The van der Waals surface area contributed by atoms with Crippen molar-refractivity contribution in [2.45, 2.75) is 6.92 Å². The van der Waals surface area contributed by atoms with Crippen molar-refractivity contribution in [3.8, 4) is 5.69 Å². The molecule has 8 rings (SSSR count). The van der Waals surface area contributed by atoms with Gasteiger partial charge in [0.1, 0.15) is 22.3 Å². The third-order valence-corrected chi connectivity index (χ3v) is 7.04. The van der Waals surface area contributed by atoms with Crippen molar-refractivity contribution in [1.82, 2.24) is 4.57 Å². The van der Waals surface area contributed by atoms with Crippen molar-refractivity contribution >= 4 is 65.7 Å². The van der Waals surface area contributed by atoms with Crippen LogP contribution in [0.15, 0.2) is 106 Å². The molecule has 0 amide bonds. The van der Waals surface area contributed by atoms with Crippen molar-refractivity contribution < 1.29 is 8.83 Å². The molecular weight excluding hydrogens is 418 g/mol. The third-order valence-electron chi connectivity index (χ3n) is 7.04. The van der Waals surface area contributed by atoms with Crippen molar-refractivity contribution in [2.75, 3.05) is 0 Å². The van der Waals surface area contributed by atoms with Gasteiger partial charge in [-0.15, -0.1) is 0 Å². The van der Waals surface area contributed by atoms with Crippen molar-refractivity contribution in [2.24, 2.45) is 0 Å².